The maximum Gasteiger partial charge on any atom is 0.222 e. The molecule has 0 heterocycles. The van der Waals surface area contributed by atoms with Crippen LogP contribution in [0.5, 0.6) is 0 Å². The average molecular weight is 643 g/mol. The highest BCUT2D eigenvalue weighted by molar-refractivity contribution is 8.14. The normalized spacial score (nSPS) is 34.0. The third-order valence-corrected chi connectivity index (χ3v) is 14.5. The van der Waals surface area contributed by atoms with Crippen LogP contribution in [-0.4, -0.2) is 16.0 Å². The van der Waals surface area contributed by atoms with Gasteiger partial charge in [-0.25, -0.2) is 0 Å². The molecule has 252 valence electrons. The second kappa shape index (κ2) is 13.4. The van der Waals surface area contributed by atoms with Crippen LogP contribution in [0.15, 0.2) is 54.1 Å². The Morgan fingerprint density at radius 2 is 1.70 bits per heavy atom. The largest absolute Gasteiger partial charge is 0.359 e. The zero-order valence-electron chi connectivity index (χ0n) is 30.2. The highest BCUT2D eigenvalue weighted by Crippen LogP contribution is 2.67. The van der Waals surface area contributed by atoms with Crippen LogP contribution in [0.25, 0.3) is 10.8 Å². The van der Waals surface area contributed by atoms with Gasteiger partial charge in [0.2, 0.25) is 5.12 Å². The molecule has 2 aromatic carbocycles. The number of benzene rings is 2. The van der Waals surface area contributed by atoms with E-state index in [1.54, 1.807) is 17.3 Å². The van der Waals surface area contributed by atoms with Crippen LogP contribution < -0.4 is 0 Å². The fourth-order valence-electron chi connectivity index (χ4n) is 11.0. The highest BCUT2D eigenvalue weighted by Gasteiger charge is 2.59. The number of fused-ring (bicyclic) bond motifs is 6. The van der Waals surface area contributed by atoms with E-state index in [1.807, 2.05) is 0 Å². The number of rotatable bonds is 9. The van der Waals surface area contributed by atoms with E-state index in [9.17, 15) is 4.79 Å². The molecule has 0 aromatic heterocycles. The van der Waals surface area contributed by atoms with E-state index in [1.165, 1.54) is 63.2 Å². The lowest BCUT2D eigenvalue weighted by Crippen LogP contribution is -2.50. The highest BCUT2D eigenvalue weighted by atomic mass is 32.2. The predicted molar refractivity (Wildman–Crippen MR) is 197 cm³/mol. The van der Waals surface area contributed by atoms with Crippen molar-refractivity contribution in [1.82, 2.24) is 0 Å². The first kappa shape index (κ1) is 34.3. The number of allylic oxidation sites excluding steroid dienone is 2. The molecule has 2 nitrogen and oxygen atoms in total. The number of carbonyl (C=O) groups is 1. The van der Waals surface area contributed by atoms with Crippen molar-refractivity contribution < 1.29 is 9.53 Å². The van der Waals surface area contributed by atoms with Gasteiger partial charge in [0, 0.05) is 5.25 Å². The first-order valence-electron chi connectivity index (χ1n) is 18.8. The molecule has 2 aromatic rings. The topological polar surface area (TPSA) is 26.3 Å². The molecule has 0 radical (unpaired) electrons. The monoisotopic (exact) mass is 642 g/mol. The smallest absolute Gasteiger partial charge is 0.222 e. The number of hydrogen-bond acceptors (Lipinski definition) is 3. The van der Waals surface area contributed by atoms with E-state index in [0.717, 1.165) is 59.3 Å². The molecule has 0 aliphatic heterocycles. The van der Waals surface area contributed by atoms with Crippen LogP contribution >= 0.6 is 11.8 Å². The van der Waals surface area contributed by atoms with Gasteiger partial charge < -0.3 is 4.74 Å². The Hall–Kier alpha value is -1.58. The Kier molecular flexibility index (Phi) is 9.97. The van der Waals surface area contributed by atoms with Crippen LogP contribution in [0.4, 0.5) is 0 Å². The Labute approximate surface area is 285 Å². The third-order valence-electron chi connectivity index (χ3n) is 13.3. The first-order valence-corrected chi connectivity index (χ1v) is 19.7. The summed E-state index contributed by atoms with van der Waals surface area (Å²) in [6, 6.07) is 14.8. The summed E-state index contributed by atoms with van der Waals surface area (Å²) in [6.07, 6.45) is 16.7. The van der Waals surface area contributed by atoms with Gasteiger partial charge in [0.05, 0.1) is 5.60 Å². The minimum absolute atomic E-state index is 0.168. The molecule has 9 atom stereocenters. The molecule has 6 rings (SSSR count). The summed E-state index contributed by atoms with van der Waals surface area (Å²) in [5.41, 5.74) is 3.08. The zero-order valence-corrected chi connectivity index (χ0v) is 31.1. The van der Waals surface area contributed by atoms with Gasteiger partial charge in [0.15, 0.2) is 6.10 Å². The van der Waals surface area contributed by atoms with Crippen molar-refractivity contribution in [3.63, 3.8) is 0 Å². The van der Waals surface area contributed by atoms with Crippen LogP contribution in [0, 0.1) is 46.3 Å². The molecule has 0 spiro atoms. The van der Waals surface area contributed by atoms with E-state index in [-0.39, 0.29) is 5.12 Å². The second-order valence-corrected chi connectivity index (χ2v) is 19.1. The Morgan fingerprint density at radius 3 is 2.43 bits per heavy atom. The molecule has 3 saturated carbocycles. The zero-order chi connectivity index (χ0) is 32.9. The summed E-state index contributed by atoms with van der Waals surface area (Å²) in [5, 5.41) is 2.86. The average Bonchev–Trinajstić information content (AvgIpc) is 3.36. The van der Waals surface area contributed by atoms with Gasteiger partial charge >= 0.3 is 0 Å². The van der Waals surface area contributed by atoms with Gasteiger partial charge in [-0.15, -0.1) is 0 Å². The Balaban J connectivity index is 1.14. The van der Waals surface area contributed by atoms with Crippen LogP contribution in [0.2, 0.25) is 0 Å². The molecule has 0 saturated heterocycles. The summed E-state index contributed by atoms with van der Waals surface area (Å²) in [6.45, 7) is 18.8. The Morgan fingerprint density at radius 1 is 0.935 bits per heavy atom. The molecule has 3 heteroatoms. The maximum atomic E-state index is 14.1. The van der Waals surface area contributed by atoms with Gasteiger partial charge in [0.1, 0.15) is 0 Å². The van der Waals surface area contributed by atoms with Crippen molar-refractivity contribution in [3.8, 4) is 0 Å². The Bertz CT molecular complexity index is 1420. The minimum Gasteiger partial charge on any atom is -0.359 e. The molecular weight excluding hydrogens is 581 g/mol. The van der Waals surface area contributed by atoms with Gasteiger partial charge in [0.25, 0.3) is 0 Å². The molecule has 0 unspecified atom stereocenters. The van der Waals surface area contributed by atoms with Crippen molar-refractivity contribution in [3.05, 3.63) is 59.7 Å². The third kappa shape index (κ3) is 6.80. The molecule has 0 N–H and O–H groups in total. The SMILES string of the molecule is CC(C)CCC[C@@H](C)[C@H]1CC[C@H]2[C@@H]3CC=C4C[C@@H](SC(=O)[C@H](OC(C)(C)C)c5ccc6ccccc6c5)CC[C@]4(C)[C@H]3CC[C@]12C. The maximum absolute atomic E-state index is 14.1. The van der Waals surface area contributed by atoms with Crippen molar-refractivity contribution in [2.24, 2.45) is 46.3 Å². The van der Waals surface area contributed by atoms with Gasteiger partial charge in [-0.05, 0) is 141 Å². The summed E-state index contributed by atoms with van der Waals surface area (Å²) < 4.78 is 6.50. The van der Waals surface area contributed by atoms with Gasteiger partial charge in [-0.3, -0.25) is 4.79 Å². The lowest BCUT2D eigenvalue weighted by Gasteiger charge is -2.58. The van der Waals surface area contributed by atoms with Crippen molar-refractivity contribution >= 4 is 27.6 Å². The summed E-state index contributed by atoms with van der Waals surface area (Å²) >= 11 is 1.57. The molecule has 4 aliphatic carbocycles. The van der Waals surface area contributed by atoms with E-state index >= 15 is 0 Å². The van der Waals surface area contributed by atoms with Crippen molar-refractivity contribution in [2.45, 2.75) is 143 Å². The van der Waals surface area contributed by atoms with Crippen molar-refractivity contribution in [1.29, 1.82) is 0 Å². The van der Waals surface area contributed by atoms with Gasteiger partial charge in [-0.1, -0.05) is 114 Å². The predicted octanol–water partition coefficient (Wildman–Crippen LogP) is 12.4. The summed E-state index contributed by atoms with van der Waals surface area (Å²) in [5.74, 6) is 5.16. The van der Waals surface area contributed by atoms with Crippen LogP contribution in [0.3, 0.4) is 0 Å². The lowest BCUT2D eigenvalue weighted by atomic mass is 9.47. The van der Waals surface area contributed by atoms with E-state index in [2.05, 4.69) is 104 Å². The number of ether oxygens (including phenoxy) is 1. The standard InChI is InChI=1S/C43H62O2S/c1-28(2)12-11-13-29(3)36-20-21-37-35-19-18-33-27-34(22-24-42(33,7)38(35)23-25-43(36,37)8)46-40(44)39(45-41(4,5)6)32-17-16-30-14-9-10-15-31(30)26-32/h9-10,14-18,26,28-29,34-39H,11-13,19-25,27H2,1-8H3/t29-,34+,35+,36-,37+,38+,39-,42+,43-/m1/s1. The molecule has 0 amide bonds. The number of carbonyl (C=O) groups excluding carboxylic acids is 1. The van der Waals surface area contributed by atoms with Gasteiger partial charge in [-0.2, -0.15) is 0 Å². The van der Waals surface area contributed by atoms with E-state index < -0.39 is 11.7 Å². The molecular formula is C43H62O2S. The van der Waals surface area contributed by atoms with E-state index in [0.29, 0.717) is 16.1 Å². The lowest BCUT2D eigenvalue weighted by molar-refractivity contribution is -0.132. The first-order chi connectivity index (χ1) is 21.8. The second-order valence-electron chi connectivity index (χ2n) is 17.8. The van der Waals surface area contributed by atoms with Crippen molar-refractivity contribution in [2.75, 3.05) is 0 Å². The quantitative estimate of drug-likeness (QED) is 0.255. The summed E-state index contributed by atoms with van der Waals surface area (Å²) in [7, 11) is 0. The fourth-order valence-corrected chi connectivity index (χ4v) is 12.1. The molecule has 4 aliphatic rings. The molecule has 3 fully saturated rings. The summed E-state index contributed by atoms with van der Waals surface area (Å²) in [4.78, 5) is 14.1. The minimum atomic E-state index is -0.549. The number of thioether (sulfide) groups is 1. The number of hydrogen-bond donors (Lipinski definition) is 0. The van der Waals surface area contributed by atoms with E-state index in [4.69, 9.17) is 4.74 Å². The van der Waals surface area contributed by atoms with Crippen LogP contribution in [-0.2, 0) is 9.53 Å². The molecule has 46 heavy (non-hydrogen) atoms. The fraction of sp³-hybridized carbons (Fsp3) is 0.698. The van der Waals surface area contributed by atoms with Crippen LogP contribution in [0.1, 0.15) is 138 Å². The molecule has 0 bridgehead atoms.